The van der Waals surface area contributed by atoms with Gasteiger partial charge in [0.2, 0.25) is 0 Å². The molecule has 1 heteroatoms. The molecule has 0 bridgehead atoms. The summed E-state index contributed by atoms with van der Waals surface area (Å²) in [6.07, 6.45) is 0. The van der Waals surface area contributed by atoms with Crippen LogP contribution in [0.1, 0.15) is 35.9 Å². The number of furan rings is 1. The first-order chi connectivity index (χ1) is 25.9. The Morgan fingerprint density at radius 2 is 1.15 bits per heavy atom. The van der Waals surface area contributed by atoms with Crippen LogP contribution in [0.4, 0.5) is 0 Å². The highest BCUT2D eigenvalue weighted by molar-refractivity contribution is 6.24. The Morgan fingerprint density at radius 3 is 1.93 bits per heavy atom. The van der Waals surface area contributed by atoms with E-state index in [4.69, 9.17) is 9.90 Å². The Labute approximate surface area is 278 Å². The van der Waals surface area contributed by atoms with Crippen LogP contribution in [0.5, 0.6) is 0 Å². The molecule has 0 saturated carbocycles. The molecule has 1 aliphatic carbocycles. The summed E-state index contributed by atoms with van der Waals surface area (Å²) in [6, 6.07) is 28.7. The van der Waals surface area contributed by atoms with Crippen molar-refractivity contribution in [3.05, 3.63) is 157 Å². The van der Waals surface area contributed by atoms with Gasteiger partial charge in [-0.1, -0.05) is 141 Å². The summed E-state index contributed by atoms with van der Waals surface area (Å²) in [5, 5.41) is 4.41. The molecule has 10 rings (SSSR count). The van der Waals surface area contributed by atoms with Crippen LogP contribution in [-0.2, 0) is 5.41 Å². The van der Waals surface area contributed by atoms with Gasteiger partial charge in [-0.25, -0.2) is 0 Å². The number of hydrogen-bond acceptors (Lipinski definition) is 1. The molecule has 216 valence electrons. The quantitative estimate of drug-likeness (QED) is 0.181. The van der Waals surface area contributed by atoms with Crippen LogP contribution in [0, 0.1) is 0 Å². The van der Waals surface area contributed by atoms with E-state index in [2.05, 4.69) is 26.0 Å². The van der Waals surface area contributed by atoms with E-state index in [1.165, 1.54) is 0 Å². The highest BCUT2D eigenvalue weighted by atomic mass is 16.3. The molecular formula is C45H30O. The van der Waals surface area contributed by atoms with Gasteiger partial charge in [-0.05, 0) is 89.6 Å². The maximum absolute atomic E-state index is 9.48. The first-order valence-electron chi connectivity index (χ1n) is 19.5. The number of benzene rings is 8. The van der Waals surface area contributed by atoms with Gasteiger partial charge in [-0.2, -0.15) is 0 Å². The molecular weight excluding hydrogens is 556 g/mol. The highest BCUT2D eigenvalue weighted by Crippen LogP contribution is 2.54. The summed E-state index contributed by atoms with van der Waals surface area (Å²) >= 11 is 0. The molecule has 1 aliphatic rings. The summed E-state index contributed by atoms with van der Waals surface area (Å²) in [4.78, 5) is 0. The van der Waals surface area contributed by atoms with Crippen molar-refractivity contribution in [2.75, 3.05) is 0 Å². The summed E-state index contributed by atoms with van der Waals surface area (Å²) in [6.45, 7) is 4.30. The Kier molecular flexibility index (Phi) is 3.79. The minimum atomic E-state index is -0.425. The number of rotatable bonds is 2. The van der Waals surface area contributed by atoms with E-state index in [-0.39, 0.29) is 51.1 Å². The zero-order valence-corrected chi connectivity index (χ0v) is 25.1. The van der Waals surface area contributed by atoms with Crippen molar-refractivity contribution in [1.29, 1.82) is 0 Å². The third-order valence-electron chi connectivity index (χ3n) is 9.90. The normalized spacial score (nSPS) is 16.0. The molecule has 0 atom stereocenters. The zero-order valence-electron chi connectivity index (χ0n) is 33.1. The second-order valence-corrected chi connectivity index (χ2v) is 12.6. The zero-order chi connectivity index (χ0) is 37.5. The molecule has 0 unspecified atom stereocenters. The van der Waals surface area contributed by atoms with Crippen molar-refractivity contribution in [2.24, 2.45) is 0 Å². The predicted octanol–water partition coefficient (Wildman–Crippen LogP) is 12.7. The van der Waals surface area contributed by atoms with E-state index in [9.17, 15) is 5.48 Å². The van der Waals surface area contributed by atoms with Gasteiger partial charge in [-0.15, -0.1) is 0 Å². The van der Waals surface area contributed by atoms with Gasteiger partial charge in [0, 0.05) is 21.6 Å². The second kappa shape index (κ2) is 9.19. The van der Waals surface area contributed by atoms with Crippen molar-refractivity contribution in [2.45, 2.75) is 19.3 Å². The fraction of sp³-hybridized carbons (Fsp3) is 0.0667. The molecule has 0 spiro atoms. The first-order valence-corrected chi connectivity index (χ1v) is 15.5. The van der Waals surface area contributed by atoms with Crippen LogP contribution in [0.2, 0.25) is 0 Å². The Morgan fingerprint density at radius 1 is 0.500 bits per heavy atom. The lowest BCUT2D eigenvalue weighted by molar-refractivity contribution is 0.660. The summed E-state index contributed by atoms with van der Waals surface area (Å²) < 4.78 is 79.9. The fourth-order valence-electron chi connectivity index (χ4n) is 7.81. The van der Waals surface area contributed by atoms with Crippen molar-refractivity contribution < 1.29 is 15.4 Å². The molecule has 0 aliphatic heterocycles. The van der Waals surface area contributed by atoms with Crippen LogP contribution in [0.15, 0.2) is 150 Å². The van der Waals surface area contributed by atoms with Crippen molar-refractivity contribution in [3.8, 4) is 33.4 Å². The third kappa shape index (κ3) is 3.35. The molecule has 0 N–H and O–H groups in total. The lowest BCUT2D eigenvalue weighted by Gasteiger charge is -2.22. The van der Waals surface area contributed by atoms with E-state index >= 15 is 0 Å². The lowest BCUT2D eigenvalue weighted by atomic mass is 9.80. The van der Waals surface area contributed by atoms with E-state index in [0.29, 0.717) is 27.8 Å². The maximum atomic E-state index is 9.48. The second-order valence-electron chi connectivity index (χ2n) is 12.6. The van der Waals surface area contributed by atoms with Crippen LogP contribution < -0.4 is 0 Å². The fourth-order valence-corrected chi connectivity index (χ4v) is 7.81. The Hall–Kier alpha value is -5.66. The summed E-state index contributed by atoms with van der Waals surface area (Å²) in [5.41, 5.74) is 6.80. The van der Waals surface area contributed by atoms with Gasteiger partial charge in [0.15, 0.2) is 0 Å². The molecule has 1 nitrogen and oxygen atoms in total. The van der Waals surface area contributed by atoms with Gasteiger partial charge in [0.25, 0.3) is 0 Å². The van der Waals surface area contributed by atoms with E-state index < -0.39 is 24.2 Å². The maximum Gasteiger partial charge on any atom is 0.143 e. The van der Waals surface area contributed by atoms with Gasteiger partial charge in [0.05, 0.1) is 11.0 Å². The average molecular weight is 595 g/mol. The van der Waals surface area contributed by atoms with E-state index in [0.717, 1.165) is 49.4 Å². The van der Waals surface area contributed by atoms with Crippen molar-refractivity contribution >= 4 is 54.3 Å². The van der Waals surface area contributed by atoms with Crippen LogP contribution in [0.25, 0.3) is 87.6 Å². The van der Waals surface area contributed by atoms with Crippen LogP contribution in [-0.4, -0.2) is 0 Å². The predicted molar refractivity (Wildman–Crippen MR) is 195 cm³/mol. The SMILES string of the molecule is [2H]c1c([2H])c([2H])c2c(-c3cccc4c3-c3ccccc3C4(C)C)c3c([2H])c([2H])c([2H])c([2H])c3c(-c3ccc4oc5c6ccccc6ccc5c4c3)c2c1[2H]. The van der Waals surface area contributed by atoms with Crippen LogP contribution in [0.3, 0.4) is 0 Å². The minimum absolute atomic E-state index is 0.189. The van der Waals surface area contributed by atoms with E-state index in [1.807, 2.05) is 84.9 Å². The molecule has 9 aromatic rings. The molecule has 0 radical (unpaired) electrons. The van der Waals surface area contributed by atoms with Crippen LogP contribution >= 0.6 is 0 Å². The van der Waals surface area contributed by atoms with Gasteiger partial charge in [0.1, 0.15) is 11.2 Å². The molecule has 46 heavy (non-hydrogen) atoms. The average Bonchev–Trinajstić information content (AvgIpc) is 3.68. The third-order valence-corrected chi connectivity index (χ3v) is 9.90. The lowest BCUT2D eigenvalue weighted by Crippen LogP contribution is -2.14. The van der Waals surface area contributed by atoms with Crippen molar-refractivity contribution in [3.63, 3.8) is 0 Å². The van der Waals surface area contributed by atoms with Gasteiger partial charge in [-0.3, -0.25) is 0 Å². The molecule has 0 amide bonds. The summed E-state index contributed by atoms with van der Waals surface area (Å²) in [7, 11) is 0. The molecule has 0 saturated heterocycles. The standard InChI is InChI=1S/C45H30O/c1-45(2)38-20-10-9-18-35(38)43-36(19-11-21-39(43)45)42-32-16-7-5-14-30(32)41(31-15-6-8-17-33(31)42)28-23-25-40-37(26-28)34-24-22-27-12-3-4-13-29(27)44(34)46-40/h3-26H,1-2H3/i5D,6D,7D,8D,14D,15D,16D,17D. The molecule has 8 aromatic carbocycles. The first kappa shape index (κ1) is 19.0. The number of fused-ring (bicyclic) bond motifs is 10. The largest absolute Gasteiger partial charge is 0.455 e. The summed E-state index contributed by atoms with van der Waals surface area (Å²) in [5.74, 6) is 0. The topological polar surface area (TPSA) is 13.1 Å². The Balaban J connectivity index is 1.44. The monoisotopic (exact) mass is 594 g/mol. The van der Waals surface area contributed by atoms with E-state index in [1.54, 1.807) is 0 Å². The molecule has 1 heterocycles. The Bertz CT molecular complexity index is 3090. The van der Waals surface area contributed by atoms with Gasteiger partial charge < -0.3 is 4.42 Å². The smallest absolute Gasteiger partial charge is 0.143 e. The minimum Gasteiger partial charge on any atom is -0.455 e. The van der Waals surface area contributed by atoms with Gasteiger partial charge >= 0.3 is 0 Å². The number of hydrogen-bond donors (Lipinski definition) is 0. The highest BCUT2D eigenvalue weighted by Gasteiger charge is 2.37. The molecule has 1 aromatic heterocycles. The molecule has 0 fully saturated rings. The van der Waals surface area contributed by atoms with Crippen molar-refractivity contribution in [1.82, 2.24) is 0 Å².